The zero-order valence-corrected chi connectivity index (χ0v) is 19.2. The van der Waals surface area contributed by atoms with Gasteiger partial charge in [-0.15, -0.1) is 0 Å². The standard InChI is InChI=1S/C26H44O4/c1-2-3-4-5-6-7-8-9-10-11-12-13-14-15-16-17-18-22-30-26(29)23-20-19-21-24(27)25(23)28/h19-21,27-28H,2-18,22H2,1H3. The molecule has 0 unspecified atom stereocenters. The number of carbonyl (C=O) groups is 1. The van der Waals surface area contributed by atoms with Crippen molar-refractivity contribution >= 4 is 5.97 Å². The Morgan fingerprint density at radius 2 is 1.13 bits per heavy atom. The Balaban J connectivity index is 1.83. The van der Waals surface area contributed by atoms with E-state index in [1.165, 1.54) is 115 Å². The summed E-state index contributed by atoms with van der Waals surface area (Å²) in [5.41, 5.74) is 0.0157. The summed E-state index contributed by atoms with van der Waals surface area (Å²) in [4.78, 5) is 11.9. The molecule has 0 atom stereocenters. The summed E-state index contributed by atoms with van der Waals surface area (Å²) in [6, 6.07) is 4.30. The van der Waals surface area contributed by atoms with Gasteiger partial charge in [0, 0.05) is 0 Å². The van der Waals surface area contributed by atoms with Gasteiger partial charge in [-0.25, -0.2) is 4.79 Å². The third kappa shape index (κ3) is 12.8. The van der Waals surface area contributed by atoms with Crippen molar-refractivity contribution in [2.75, 3.05) is 6.61 Å². The number of benzene rings is 1. The Kier molecular flexibility index (Phi) is 15.9. The van der Waals surface area contributed by atoms with Gasteiger partial charge in [-0.2, -0.15) is 0 Å². The van der Waals surface area contributed by atoms with Gasteiger partial charge in [0.15, 0.2) is 11.5 Å². The number of rotatable bonds is 19. The second-order valence-corrected chi connectivity index (χ2v) is 8.47. The summed E-state index contributed by atoms with van der Waals surface area (Å²) in [5, 5.41) is 19.1. The highest BCUT2D eigenvalue weighted by Crippen LogP contribution is 2.28. The number of esters is 1. The van der Waals surface area contributed by atoms with Gasteiger partial charge in [-0.3, -0.25) is 0 Å². The normalized spacial score (nSPS) is 11.0. The lowest BCUT2D eigenvalue weighted by molar-refractivity contribution is 0.0493. The molecule has 30 heavy (non-hydrogen) atoms. The van der Waals surface area contributed by atoms with E-state index >= 15 is 0 Å². The van der Waals surface area contributed by atoms with Crippen LogP contribution >= 0.6 is 0 Å². The van der Waals surface area contributed by atoms with E-state index in [9.17, 15) is 15.0 Å². The summed E-state index contributed by atoms with van der Waals surface area (Å²) in [6.45, 7) is 2.63. The number of aromatic hydroxyl groups is 2. The number of ether oxygens (including phenoxy) is 1. The SMILES string of the molecule is CCCCCCCCCCCCCCCCCCCOC(=O)c1cccc(O)c1O. The molecule has 4 nitrogen and oxygen atoms in total. The molecule has 0 aromatic heterocycles. The van der Waals surface area contributed by atoms with Crippen molar-refractivity contribution in [3.05, 3.63) is 23.8 Å². The molecule has 0 spiro atoms. The Morgan fingerprint density at radius 3 is 1.60 bits per heavy atom. The highest BCUT2D eigenvalue weighted by atomic mass is 16.5. The maximum absolute atomic E-state index is 11.9. The largest absolute Gasteiger partial charge is 0.504 e. The topological polar surface area (TPSA) is 66.8 Å². The quantitative estimate of drug-likeness (QED) is 0.135. The van der Waals surface area contributed by atoms with E-state index < -0.39 is 11.7 Å². The van der Waals surface area contributed by atoms with Gasteiger partial charge < -0.3 is 14.9 Å². The van der Waals surface area contributed by atoms with Gasteiger partial charge in [0.05, 0.1) is 6.61 Å². The number of unbranched alkanes of at least 4 members (excludes halogenated alkanes) is 16. The Labute approximate surface area is 184 Å². The smallest absolute Gasteiger partial charge is 0.342 e. The predicted octanol–water partition coefficient (Wildman–Crippen LogP) is 7.91. The van der Waals surface area contributed by atoms with E-state index in [0.717, 1.165) is 12.8 Å². The van der Waals surface area contributed by atoms with Crippen LogP contribution in [0.5, 0.6) is 11.5 Å². The molecule has 172 valence electrons. The van der Waals surface area contributed by atoms with Crippen molar-refractivity contribution < 1.29 is 19.7 Å². The fourth-order valence-corrected chi connectivity index (χ4v) is 3.77. The summed E-state index contributed by atoms with van der Waals surface area (Å²) in [6.07, 6.45) is 22.4. The molecule has 0 bridgehead atoms. The number of hydrogen-bond donors (Lipinski definition) is 2. The van der Waals surface area contributed by atoms with Crippen LogP contribution in [0.25, 0.3) is 0 Å². The third-order valence-electron chi connectivity index (χ3n) is 5.72. The summed E-state index contributed by atoms with van der Waals surface area (Å²) in [5.74, 6) is -1.30. The molecular formula is C26H44O4. The highest BCUT2D eigenvalue weighted by Gasteiger charge is 2.14. The first-order valence-electron chi connectivity index (χ1n) is 12.3. The average Bonchev–Trinajstić information content (AvgIpc) is 2.74. The van der Waals surface area contributed by atoms with Crippen LogP contribution in [0, 0.1) is 0 Å². The van der Waals surface area contributed by atoms with E-state index in [2.05, 4.69) is 6.92 Å². The van der Waals surface area contributed by atoms with Crippen LogP contribution in [0.2, 0.25) is 0 Å². The first kappa shape index (κ1) is 26.3. The van der Waals surface area contributed by atoms with Gasteiger partial charge in [0.25, 0.3) is 0 Å². The molecule has 4 heteroatoms. The molecule has 0 radical (unpaired) electrons. The maximum atomic E-state index is 11.9. The predicted molar refractivity (Wildman–Crippen MR) is 124 cm³/mol. The van der Waals surface area contributed by atoms with E-state index in [1.807, 2.05) is 0 Å². The first-order valence-corrected chi connectivity index (χ1v) is 12.3. The van der Waals surface area contributed by atoms with Crippen LogP contribution in [0.4, 0.5) is 0 Å². The second-order valence-electron chi connectivity index (χ2n) is 8.47. The van der Waals surface area contributed by atoms with Gasteiger partial charge in [-0.05, 0) is 18.6 Å². The van der Waals surface area contributed by atoms with Crippen LogP contribution in [0.15, 0.2) is 18.2 Å². The Bertz CT molecular complexity index is 556. The van der Waals surface area contributed by atoms with Crippen molar-refractivity contribution in [1.82, 2.24) is 0 Å². The zero-order chi connectivity index (χ0) is 21.9. The van der Waals surface area contributed by atoms with Gasteiger partial charge in [0.2, 0.25) is 0 Å². The second kappa shape index (κ2) is 18.1. The molecule has 0 saturated carbocycles. The van der Waals surface area contributed by atoms with Gasteiger partial charge >= 0.3 is 5.97 Å². The van der Waals surface area contributed by atoms with E-state index in [0.29, 0.717) is 6.61 Å². The van der Waals surface area contributed by atoms with Gasteiger partial charge in [-0.1, -0.05) is 116 Å². The Hall–Kier alpha value is -1.71. The molecule has 0 heterocycles. The molecule has 0 aliphatic carbocycles. The van der Waals surface area contributed by atoms with Crippen molar-refractivity contribution in [1.29, 1.82) is 0 Å². The van der Waals surface area contributed by atoms with Crippen LogP contribution in [0.3, 0.4) is 0 Å². The minimum absolute atomic E-state index is 0.0157. The first-order chi connectivity index (χ1) is 14.7. The molecule has 0 amide bonds. The number of phenols is 2. The molecule has 2 N–H and O–H groups in total. The minimum atomic E-state index is -0.583. The lowest BCUT2D eigenvalue weighted by Crippen LogP contribution is -2.06. The molecule has 0 aliphatic rings. The number of para-hydroxylation sites is 1. The van der Waals surface area contributed by atoms with Crippen LogP contribution in [-0.4, -0.2) is 22.8 Å². The van der Waals surface area contributed by atoms with Crippen molar-refractivity contribution in [3.63, 3.8) is 0 Å². The van der Waals surface area contributed by atoms with E-state index in [1.54, 1.807) is 0 Å². The molecule has 1 rings (SSSR count). The Morgan fingerprint density at radius 1 is 0.700 bits per heavy atom. The molecule has 0 aliphatic heterocycles. The molecule has 1 aromatic carbocycles. The summed E-state index contributed by atoms with van der Waals surface area (Å²) >= 11 is 0. The van der Waals surface area contributed by atoms with E-state index in [-0.39, 0.29) is 11.3 Å². The van der Waals surface area contributed by atoms with Gasteiger partial charge in [0.1, 0.15) is 5.56 Å². The van der Waals surface area contributed by atoms with Crippen molar-refractivity contribution in [3.8, 4) is 11.5 Å². The number of phenolic OH excluding ortho intramolecular Hbond substituents is 2. The lowest BCUT2D eigenvalue weighted by atomic mass is 10.0. The number of hydrogen-bond acceptors (Lipinski definition) is 4. The summed E-state index contributed by atoms with van der Waals surface area (Å²) < 4.78 is 5.18. The van der Waals surface area contributed by atoms with E-state index in [4.69, 9.17) is 4.74 Å². The lowest BCUT2D eigenvalue weighted by Gasteiger charge is -2.07. The molecule has 0 saturated heterocycles. The molecule has 0 fully saturated rings. The minimum Gasteiger partial charge on any atom is -0.504 e. The van der Waals surface area contributed by atoms with Crippen LogP contribution < -0.4 is 0 Å². The van der Waals surface area contributed by atoms with Crippen LogP contribution in [0.1, 0.15) is 126 Å². The van der Waals surface area contributed by atoms with Crippen LogP contribution in [-0.2, 0) is 4.74 Å². The molecule has 1 aromatic rings. The zero-order valence-electron chi connectivity index (χ0n) is 19.2. The number of carbonyl (C=O) groups excluding carboxylic acids is 1. The fourth-order valence-electron chi connectivity index (χ4n) is 3.77. The summed E-state index contributed by atoms with van der Waals surface area (Å²) in [7, 11) is 0. The molecular weight excluding hydrogens is 376 g/mol. The monoisotopic (exact) mass is 420 g/mol. The van der Waals surface area contributed by atoms with Crippen molar-refractivity contribution in [2.24, 2.45) is 0 Å². The third-order valence-corrected chi connectivity index (χ3v) is 5.72. The van der Waals surface area contributed by atoms with Crippen molar-refractivity contribution in [2.45, 2.75) is 116 Å². The average molecular weight is 421 g/mol. The highest BCUT2D eigenvalue weighted by molar-refractivity contribution is 5.93. The maximum Gasteiger partial charge on any atom is 0.342 e. The fraction of sp³-hybridized carbons (Fsp3) is 0.731.